The van der Waals surface area contributed by atoms with Crippen LogP contribution in [-0.2, 0) is 0 Å². The molecular formula is C13H14ClFN2. The Morgan fingerprint density at radius 3 is 2.82 bits per heavy atom. The predicted octanol–water partition coefficient (Wildman–Crippen LogP) is 3.51. The average molecular weight is 253 g/mol. The fourth-order valence-electron chi connectivity index (χ4n) is 1.86. The zero-order valence-corrected chi connectivity index (χ0v) is 10.3. The van der Waals surface area contributed by atoms with Gasteiger partial charge in [-0.15, -0.1) is 0 Å². The number of hydrogen-bond donors (Lipinski definition) is 2. The van der Waals surface area contributed by atoms with Crippen molar-refractivity contribution in [3.63, 3.8) is 0 Å². The Morgan fingerprint density at radius 1 is 1.35 bits per heavy atom. The van der Waals surface area contributed by atoms with Gasteiger partial charge in [0.05, 0.1) is 11.1 Å². The third-order valence-corrected chi connectivity index (χ3v) is 2.93. The maximum absolute atomic E-state index is 14.0. The van der Waals surface area contributed by atoms with Crippen LogP contribution in [0.1, 0.15) is 24.2 Å². The normalized spacial score (nSPS) is 12.6. The third kappa shape index (κ3) is 2.51. The van der Waals surface area contributed by atoms with Crippen LogP contribution in [0, 0.1) is 5.82 Å². The SMILES string of the molecule is CCNC(c1ccc[nH]1)c1cccc(Cl)c1F. The first kappa shape index (κ1) is 12.1. The largest absolute Gasteiger partial charge is 0.363 e. The maximum atomic E-state index is 14.0. The van der Waals surface area contributed by atoms with Crippen molar-refractivity contribution in [1.82, 2.24) is 10.3 Å². The fraction of sp³-hybridized carbons (Fsp3) is 0.231. The number of rotatable bonds is 4. The Labute approximate surface area is 105 Å². The molecule has 1 unspecified atom stereocenters. The van der Waals surface area contributed by atoms with Gasteiger partial charge in [-0.05, 0) is 24.7 Å². The third-order valence-electron chi connectivity index (χ3n) is 2.63. The summed E-state index contributed by atoms with van der Waals surface area (Å²) in [5.74, 6) is -0.366. The fourth-order valence-corrected chi connectivity index (χ4v) is 2.04. The van der Waals surface area contributed by atoms with Crippen LogP contribution >= 0.6 is 11.6 Å². The molecule has 2 rings (SSSR count). The lowest BCUT2D eigenvalue weighted by Gasteiger charge is -2.18. The van der Waals surface area contributed by atoms with Crippen molar-refractivity contribution < 1.29 is 4.39 Å². The molecule has 1 aromatic heterocycles. The molecule has 0 spiro atoms. The second-order valence-corrected chi connectivity index (χ2v) is 4.17. The number of hydrogen-bond acceptors (Lipinski definition) is 1. The van der Waals surface area contributed by atoms with Gasteiger partial charge >= 0.3 is 0 Å². The van der Waals surface area contributed by atoms with E-state index in [4.69, 9.17) is 11.6 Å². The van der Waals surface area contributed by atoms with Gasteiger partial charge in [0.15, 0.2) is 0 Å². The lowest BCUT2D eigenvalue weighted by atomic mass is 10.0. The molecule has 0 aliphatic carbocycles. The number of aromatic nitrogens is 1. The molecular weight excluding hydrogens is 239 g/mol. The van der Waals surface area contributed by atoms with E-state index in [0.29, 0.717) is 5.56 Å². The number of benzene rings is 1. The molecule has 0 bridgehead atoms. The quantitative estimate of drug-likeness (QED) is 0.856. The van der Waals surface area contributed by atoms with Gasteiger partial charge in [-0.3, -0.25) is 0 Å². The highest BCUT2D eigenvalue weighted by Gasteiger charge is 2.18. The molecule has 0 saturated carbocycles. The van der Waals surface area contributed by atoms with Crippen molar-refractivity contribution in [3.8, 4) is 0 Å². The topological polar surface area (TPSA) is 27.8 Å². The minimum Gasteiger partial charge on any atom is -0.363 e. The molecule has 2 nitrogen and oxygen atoms in total. The van der Waals surface area contributed by atoms with Gasteiger partial charge in [-0.1, -0.05) is 30.7 Å². The number of halogens is 2. The second kappa shape index (κ2) is 5.34. The van der Waals surface area contributed by atoms with E-state index in [9.17, 15) is 4.39 Å². The number of aromatic amines is 1. The molecule has 1 aromatic carbocycles. The van der Waals surface area contributed by atoms with Gasteiger partial charge in [0.2, 0.25) is 0 Å². The van der Waals surface area contributed by atoms with Gasteiger partial charge in [-0.25, -0.2) is 4.39 Å². The minimum absolute atomic E-state index is 0.150. The highest BCUT2D eigenvalue weighted by atomic mass is 35.5. The van der Waals surface area contributed by atoms with E-state index in [0.717, 1.165) is 12.2 Å². The monoisotopic (exact) mass is 252 g/mol. The number of nitrogens with one attached hydrogen (secondary N) is 2. The Bertz CT molecular complexity index is 482. The molecule has 2 N–H and O–H groups in total. The van der Waals surface area contributed by atoms with E-state index in [1.807, 2.05) is 25.3 Å². The lowest BCUT2D eigenvalue weighted by Crippen LogP contribution is -2.23. The van der Waals surface area contributed by atoms with Crippen LogP contribution in [0.2, 0.25) is 5.02 Å². The molecule has 4 heteroatoms. The highest BCUT2D eigenvalue weighted by Crippen LogP contribution is 2.27. The summed E-state index contributed by atoms with van der Waals surface area (Å²) in [5.41, 5.74) is 1.48. The molecule has 0 fully saturated rings. The maximum Gasteiger partial charge on any atom is 0.146 e. The first-order chi connectivity index (χ1) is 8.24. The van der Waals surface area contributed by atoms with Crippen LogP contribution < -0.4 is 5.32 Å². The van der Waals surface area contributed by atoms with E-state index in [-0.39, 0.29) is 16.9 Å². The summed E-state index contributed by atoms with van der Waals surface area (Å²) in [5, 5.41) is 3.39. The van der Waals surface area contributed by atoms with Crippen LogP contribution in [-0.4, -0.2) is 11.5 Å². The van der Waals surface area contributed by atoms with Gasteiger partial charge in [0, 0.05) is 17.5 Å². The van der Waals surface area contributed by atoms with Gasteiger partial charge in [0.25, 0.3) is 0 Å². The summed E-state index contributed by atoms with van der Waals surface area (Å²) in [6.07, 6.45) is 1.82. The van der Waals surface area contributed by atoms with E-state index < -0.39 is 0 Å². The standard InChI is InChI=1S/C13H14ClFN2/c1-2-16-13(11-7-4-8-17-11)9-5-3-6-10(14)12(9)15/h3-8,13,16-17H,2H2,1H3. The van der Waals surface area contributed by atoms with Gasteiger partial charge in [-0.2, -0.15) is 0 Å². The molecule has 2 aromatic rings. The zero-order chi connectivity index (χ0) is 12.3. The molecule has 0 amide bonds. The average Bonchev–Trinajstić information content (AvgIpc) is 2.84. The van der Waals surface area contributed by atoms with Crippen LogP contribution in [0.5, 0.6) is 0 Å². The first-order valence-electron chi connectivity index (χ1n) is 5.54. The summed E-state index contributed by atoms with van der Waals surface area (Å²) in [7, 11) is 0. The minimum atomic E-state index is -0.366. The summed E-state index contributed by atoms with van der Waals surface area (Å²) in [6, 6.07) is 8.67. The Balaban J connectivity index is 2.43. The van der Waals surface area contributed by atoms with Crippen molar-refractivity contribution in [1.29, 1.82) is 0 Å². The first-order valence-corrected chi connectivity index (χ1v) is 5.92. The molecule has 17 heavy (non-hydrogen) atoms. The van der Waals surface area contributed by atoms with E-state index in [2.05, 4.69) is 10.3 Å². The van der Waals surface area contributed by atoms with Crippen LogP contribution in [0.15, 0.2) is 36.5 Å². The highest BCUT2D eigenvalue weighted by molar-refractivity contribution is 6.30. The van der Waals surface area contributed by atoms with Crippen molar-refractivity contribution in [2.75, 3.05) is 6.54 Å². The van der Waals surface area contributed by atoms with E-state index in [1.54, 1.807) is 18.2 Å². The van der Waals surface area contributed by atoms with Crippen LogP contribution in [0.4, 0.5) is 4.39 Å². The van der Waals surface area contributed by atoms with Gasteiger partial charge < -0.3 is 10.3 Å². The smallest absolute Gasteiger partial charge is 0.146 e. The Hall–Kier alpha value is -1.32. The zero-order valence-electron chi connectivity index (χ0n) is 9.50. The molecule has 0 radical (unpaired) electrons. The Morgan fingerprint density at radius 2 is 2.18 bits per heavy atom. The molecule has 90 valence electrons. The Kier molecular flexibility index (Phi) is 3.82. The van der Waals surface area contributed by atoms with Crippen LogP contribution in [0.25, 0.3) is 0 Å². The lowest BCUT2D eigenvalue weighted by molar-refractivity contribution is 0.553. The molecule has 1 atom stereocenters. The van der Waals surface area contributed by atoms with Crippen molar-refractivity contribution in [2.24, 2.45) is 0 Å². The van der Waals surface area contributed by atoms with Crippen LogP contribution in [0.3, 0.4) is 0 Å². The van der Waals surface area contributed by atoms with Crippen molar-refractivity contribution in [3.05, 3.63) is 58.6 Å². The van der Waals surface area contributed by atoms with E-state index in [1.165, 1.54) is 0 Å². The second-order valence-electron chi connectivity index (χ2n) is 3.76. The number of H-pyrrole nitrogens is 1. The molecule has 0 aliphatic heterocycles. The van der Waals surface area contributed by atoms with Gasteiger partial charge in [0.1, 0.15) is 5.82 Å². The predicted molar refractivity (Wildman–Crippen MR) is 67.7 cm³/mol. The van der Waals surface area contributed by atoms with E-state index >= 15 is 0 Å². The summed E-state index contributed by atoms with van der Waals surface area (Å²) < 4.78 is 14.0. The molecule has 0 saturated heterocycles. The van der Waals surface area contributed by atoms with Crippen molar-refractivity contribution >= 4 is 11.6 Å². The summed E-state index contributed by atoms with van der Waals surface area (Å²) in [4.78, 5) is 3.09. The molecule has 0 aliphatic rings. The summed E-state index contributed by atoms with van der Waals surface area (Å²) in [6.45, 7) is 2.73. The summed E-state index contributed by atoms with van der Waals surface area (Å²) >= 11 is 5.81. The van der Waals surface area contributed by atoms with Crippen molar-refractivity contribution in [2.45, 2.75) is 13.0 Å². The molecule has 1 heterocycles.